The minimum absolute atomic E-state index is 0.209. The van der Waals surface area contributed by atoms with Crippen molar-refractivity contribution in [1.82, 2.24) is 4.98 Å². The maximum atomic E-state index is 11.2. The van der Waals surface area contributed by atoms with Crippen LogP contribution < -0.4 is 5.32 Å². The largest absolute Gasteiger partial charge is 0.466 e. The summed E-state index contributed by atoms with van der Waals surface area (Å²) in [5.41, 5.74) is 0.791. The summed E-state index contributed by atoms with van der Waals surface area (Å²) in [5.74, 6) is 0.538. The molecule has 1 saturated carbocycles. The zero-order valence-corrected chi connectivity index (χ0v) is 10.3. The van der Waals surface area contributed by atoms with Crippen LogP contribution in [0.15, 0.2) is 5.38 Å². The third-order valence-corrected chi connectivity index (χ3v) is 3.42. The van der Waals surface area contributed by atoms with E-state index in [2.05, 4.69) is 17.2 Å². The van der Waals surface area contributed by atoms with Gasteiger partial charge in [-0.15, -0.1) is 11.3 Å². The first-order valence-corrected chi connectivity index (χ1v) is 6.43. The van der Waals surface area contributed by atoms with Crippen LogP contribution in [0.25, 0.3) is 0 Å². The molecule has 1 aromatic heterocycles. The second-order valence-corrected chi connectivity index (χ2v) is 4.95. The molecule has 1 aliphatic carbocycles. The fourth-order valence-electron chi connectivity index (χ4n) is 1.50. The molecule has 0 saturated heterocycles. The van der Waals surface area contributed by atoms with E-state index in [1.807, 2.05) is 5.38 Å². The number of aromatic nitrogens is 1. The highest BCUT2D eigenvalue weighted by atomic mass is 32.1. The number of anilines is 1. The Morgan fingerprint density at radius 2 is 2.50 bits per heavy atom. The summed E-state index contributed by atoms with van der Waals surface area (Å²) < 4.78 is 4.87. The van der Waals surface area contributed by atoms with Crippen molar-refractivity contribution in [3.8, 4) is 0 Å². The lowest BCUT2D eigenvalue weighted by Crippen LogP contribution is -2.08. The highest BCUT2D eigenvalue weighted by Crippen LogP contribution is 2.33. The minimum atomic E-state index is -0.209. The predicted molar refractivity (Wildman–Crippen MR) is 63.6 cm³/mol. The van der Waals surface area contributed by atoms with Crippen molar-refractivity contribution in [2.24, 2.45) is 5.92 Å². The molecule has 2 atom stereocenters. The van der Waals surface area contributed by atoms with Gasteiger partial charge in [0.1, 0.15) is 0 Å². The first kappa shape index (κ1) is 11.4. The van der Waals surface area contributed by atoms with Crippen LogP contribution in [0.5, 0.6) is 0 Å². The Hall–Kier alpha value is -1.10. The number of nitrogens with zero attached hydrogens (tertiary/aromatic N) is 1. The Morgan fingerprint density at radius 3 is 3.12 bits per heavy atom. The fourth-order valence-corrected chi connectivity index (χ4v) is 2.27. The average Bonchev–Trinajstić information content (AvgIpc) is 2.74. The number of esters is 1. The molecule has 88 valence electrons. The summed E-state index contributed by atoms with van der Waals surface area (Å²) in [4.78, 5) is 15.6. The molecule has 0 aromatic carbocycles. The molecule has 0 bridgehead atoms. The summed E-state index contributed by atoms with van der Waals surface area (Å²) in [6.45, 7) is 4.44. The number of hydrogen-bond acceptors (Lipinski definition) is 5. The van der Waals surface area contributed by atoms with E-state index in [0.717, 1.165) is 16.7 Å². The van der Waals surface area contributed by atoms with Crippen molar-refractivity contribution in [2.45, 2.75) is 32.7 Å². The molecule has 5 heteroatoms. The Kier molecular flexibility index (Phi) is 3.43. The molecule has 0 radical (unpaired) electrons. The monoisotopic (exact) mass is 240 g/mol. The van der Waals surface area contributed by atoms with Gasteiger partial charge in [-0.05, 0) is 19.3 Å². The van der Waals surface area contributed by atoms with E-state index >= 15 is 0 Å². The molecule has 1 aliphatic rings. The third-order valence-electron chi connectivity index (χ3n) is 2.60. The molecular formula is C11H16N2O2S. The zero-order valence-electron chi connectivity index (χ0n) is 9.53. The maximum absolute atomic E-state index is 11.2. The lowest BCUT2D eigenvalue weighted by Gasteiger charge is -1.99. The van der Waals surface area contributed by atoms with E-state index in [4.69, 9.17) is 4.74 Å². The van der Waals surface area contributed by atoms with Crippen LogP contribution >= 0.6 is 11.3 Å². The Labute approximate surface area is 99.0 Å². The molecule has 2 unspecified atom stereocenters. The van der Waals surface area contributed by atoms with Crippen molar-refractivity contribution in [2.75, 3.05) is 11.9 Å². The normalized spacial score (nSPS) is 22.9. The fraction of sp³-hybridized carbons (Fsp3) is 0.636. The molecule has 1 aromatic rings. The van der Waals surface area contributed by atoms with Crippen molar-refractivity contribution < 1.29 is 9.53 Å². The van der Waals surface area contributed by atoms with Gasteiger partial charge in [0.05, 0.1) is 18.7 Å². The molecule has 1 N–H and O–H groups in total. The van der Waals surface area contributed by atoms with Crippen LogP contribution in [-0.2, 0) is 16.0 Å². The summed E-state index contributed by atoms with van der Waals surface area (Å²) in [5, 5.41) is 6.17. The van der Waals surface area contributed by atoms with E-state index in [0.29, 0.717) is 12.6 Å². The van der Waals surface area contributed by atoms with Crippen molar-refractivity contribution in [1.29, 1.82) is 0 Å². The van der Waals surface area contributed by atoms with E-state index < -0.39 is 0 Å². The average molecular weight is 240 g/mol. The van der Waals surface area contributed by atoms with E-state index in [1.54, 1.807) is 18.3 Å². The lowest BCUT2D eigenvalue weighted by molar-refractivity contribution is -0.142. The van der Waals surface area contributed by atoms with Crippen LogP contribution in [0.3, 0.4) is 0 Å². The number of nitrogens with one attached hydrogen (secondary N) is 1. The number of thiazole rings is 1. The molecule has 0 amide bonds. The minimum Gasteiger partial charge on any atom is -0.466 e. The van der Waals surface area contributed by atoms with E-state index in [9.17, 15) is 4.79 Å². The summed E-state index contributed by atoms with van der Waals surface area (Å²) in [7, 11) is 0. The highest BCUT2D eigenvalue weighted by Gasteiger charge is 2.32. The van der Waals surface area contributed by atoms with E-state index in [-0.39, 0.29) is 12.4 Å². The van der Waals surface area contributed by atoms with Gasteiger partial charge in [0.15, 0.2) is 5.13 Å². The third kappa shape index (κ3) is 2.95. The molecule has 16 heavy (non-hydrogen) atoms. The zero-order chi connectivity index (χ0) is 11.5. The van der Waals surface area contributed by atoms with Gasteiger partial charge in [-0.3, -0.25) is 4.79 Å². The van der Waals surface area contributed by atoms with Gasteiger partial charge in [0.25, 0.3) is 0 Å². The van der Waals surface area contributed by atoms with Crippen LogP contribution in [0.2, 0.25) is 0 Å². The molecule has 0 aliphatic heterocycles. The van der Waals surface area contributed by atoms with Crippen LogP contribution in [0, 0.1) is 5.92 Å². The molecule has 1 fully saturated rings. The number of carbonyl (C=O) groups excluding carboxylic acids is 1. The number of ether oxygens (including phenoxy) is 1. The van der Waals surface area contributed by atoms with Crippen molar-refractivity contribution >= 4 is 22.4 Å². The Bertz CT molecular complexity index is 378. The number of hydrogen-bond donors (Lipinski definition) is 1. The first-order chi connectivity index (χ1) is 7.69. The van der Waals surface area contributed by atoms with Gasteiger partial charge in [-0.25, -0.2) is 4.98 Å². The Morgan fingerprint density at radius 1 is 1.75 bits per heavy atom. The Balaban J connectivity index is 1.84. The van der Waals surface area contributed by atoms with E-state index in [1.165, 1.54) is 6.42 Å². The SMILES string of the molecule is CCOC(=O)Cc1csc(NC2CC2C)n1. The second-order valence-electron chi connectivity index (χ2n) is 4.09. The quantitative estimate of drug-likeness (QED) is 0.800. The highest BCUT2D eigenvalue weighted by molar-refractivity contribution is 7.13. The van der Waals surface area contributed by atoms with Gasteiger partial charge in [-0.1, -0.05) is 6.92 Å². The van der Waals surface area contributed by atoms with Crippen molar-refractivity contribution in [3.63, 3.8) is 0 Å². The molecular weight excluding hydrogens is 224 g/mol. The van der Waals surface area contributed by atoms with Gasteiger partial charge in [0.2, 0.25) is 0 Å². The molecule has 4 nitrogen and oxygen atoms in total. The van der Waals surface area contributed by atoms with Gasteiger partial charge >= 0.3 is 5.97 Å². The number of rotatable bonds is 5. The lowest BCUT2D eigenvalue weighted by atomic mass is 10.3. The topological polar surface area (TPSA) is 51.2 Å². The van der Waals surface area contributed by atoms with Crippen LogP contribution in [0.1, 0.15) is 26.0 Å². The van der Waals surface area contributed by atoms with Crippen LogP contribution in [0.4, 0.5) is 5.13 Å². The summed E-state index contributed by atoms with van der Waals surface area (Å²) in [6.07, 6.45) is 1.49. The first-order valence-electron chi connectivity index (χ1n) is 5.55. The summed E-state index contributed by atoms with van der Waals surface area (Å²) >= 11 is 1.55. The van der Waals surface area contributed by atoms with Crippen molar-refractivity contribution in [3.05, 3.63) is 11.1 Å². The van der Waals surface area contributed by atoms with Gasteiger partial charge < -0.3 is 10.1 Å². The second kappa shape index (κ2) is 4.82. The van der Waals surface area contributed by atoms with Crippen LogP contribution in [-0.4, -0.2) is 23.6 Å². The van der Waals surface area contributed by atoms with Gasteiger partial charge in [-0.2, -0.15) is 0 Å². The van der Waals surface area contributed by atoms with Gasteiger partial charge in [0, 0.05) is 11.4 Å². The summed E-state index contributed by atoms with van der Waals surface area (Å²) in [6, 6.07) is 0.571. The molecule has 0 spiro atoms. The molecule has 2 rings (SSSR count). The predicted octanol–water partition coefficient (Wildman–Crippen LogP) is 2.07. The maximum Gasteiger partial charge on any atom is 0.311 e. The number of carbonyl (C=O) groups is 1. The standard InChI is InChI=1S/C11H16N2O2S/c1-3-15-10(14)5-8-6-16-11(12-8)13-9-4-7(9)2/h6-7,9H,3-5H2,1-2H3,(H,12,13). The molecule has 1 heterocycles. The smallest absolute Gasteiger partial charge is 0.311 e.